The number of nitrogens with two attached hydrogens (primary N) is 1. The van der Waals surface area contributed by atoms with Crippen LogP contribution in [-0.4, -0.2) is 45.8 Å². The zero-order chi connectivity index (χ0) is 12.5. The standard InChI is InChI=1S/C11H19N5O/c1-11(2)10(17)13-4-6-15(11)7-8-16-5-3-9(12)14-16/h3,5H,4,6-8H2,1-2H3,(H2,12,14)(H,13,17). The Morgan fingerprint density at radius 2 is 2.29 bits per heavy atom. The largest absolute Gasteiger partial charge is 0.382 e. The minimum atomic E-state index is -0.447. The SMILES string of the molecule is CC1(C)C(=O)NCCN1CCn1ccc(N)n1. The summed E-state index contributed by atoms with van der Waals surface area (Å²) in [6.45, 7) is 7.01. The molecule has 0 bridgehead atoms. The van der Waals surface area contributed by atoms with Crippen LogP contribution in [0, 0.1) is 0 Å². The Labute approximate surface area is 101 Å². The van der Waals surface area contributed by atoms with E-state index in [1.807, 2.05) is 20.0 Å². The maximum atomic E-state index is 11.7. The van der Waals surface area contributed by atoms with Crippen LogP contribution in [0.5, 0.6) is 0 Å². The van der Waals surface area contributed by atoms with Crippen molar-refractivity contribution in [2.24, 2.45) is 0 Å². The van der Waals surface area contributed by atoms with Crippen molar-refractivity contribution in [2.45, 2.75) is 25.9 Å². The first-order valence-corrected chi connectivity index (χ1v) is 5.82. The Kier molecular flexibility index (Phi) is 3.06. The predicted octanol–water partition coefficient (Wildman–Crippen LogP) is -0.324. The predicted molar refractivity (Wildman–Crippen MR) is 65.3 cm³/mol. The summed E-state index contributed by atoms with van der Waals surface area (Å²) in [6.07, 6.45) is 1.85. The Bertz CT molecular complexity index is 412. The number of carbonyl (C=O) groups excluding carboxylic acids is 1. The number of rotatable bonds is 3. The molecule has 1 fully saturated rings. The number of aromatic nitrogens is 2. The van der Waals surface area contributed by atoms with Gasteiger partial charge in [-0.2, -0.15) is 5.10 Å². The van der Waals surface area contributed by atoms with E-state index in [1.165, 1.54) is 0 Å². The molecule has 0 spiro atoms. The van der Waals surface area contributed by atoms with Crippen LogP contribution in [0.3, 0.4) is 0 Å². The molecule has 2 heterocycles. The van der Waals surface area contributed by atoms with Gasteiger partial charge in [0.1, 0.15) is 5.82 Å². The zero-order valence-corrected chi connectivity index (χ0v) is 10.3. The fraction of sp³-hybridized carbons (Fsp3) is 0.636. The Hall–Kier alpha value is -1.56. The van der Waals surface area contributed by atoms with Gasteiger partial charge in [-0.3, -0.25) is 14.4 Å². The number of hydrogen-bond acceptors (Lipinski definition) is 4. The van der Waals surface area contributed by atoms with Gasteiger partial charge in [-0.25, -0.2) is 0 Å². The average molecular weight is 237 g/mol. The third-order valence-electron chi connectivity index (χ3n) is 3.27. The highest BCUT2D eigenvalue weighted by atomic mass is 16.2. The number of carbonyl (C=O) groups is 1. The molecule has 1 aliphatic heterocycles. The van der Waals surface area contributed by atoms with Crippen LogP contribution in [-0.2, 0) is 11.3 Å². The zero-order valence-electron chi connectivity index (χ0n) is 10.3. The molecular weight excluding hydrogens is 218 g/mol. The maximum absolute atomic E-state index is 11.7. The number of nitrogens with zero attached hydrogens (tertiary/aromatic N) is 3. The lowest BCUT2D eigenvalue weighted by molar-refractivity contribution is -0.135. The summed E-state index contributed by atoms with van der Waals surface area (Å²) in [5, 5.41) is 7.01. The van der Waals surface area contributed by atoms with Gasteiger partial charge in [-0.1, -0.05) is 0 Å². The lowest BCUT2D eigenvalue weighted by Gasteiger charge is -2.41. The van der Waals surface area contributed by atoms with Crippen LogP contribution < -0.4 is 11.1 Å². The molecule has 0 aliphatic carbocycles. The molecule has 1 aliphatic rings. The molecule has 0 radical (unpaired) electrons. The minimum Gasteiger partial charge on any atom is -0.382 e. The number of hydrogen-bond donors (Lipinski definition) is 2. The third-order valence-corrected chi connectivity index (χ3v) is 3.27. The first-order valence-electron chi connectivity index (χ1n) is 5.82. The van der Waals surface area contributed by atoms with E-state index >= 15 is 0 Å². The van der Waals surface area contributed by atoms with Crippen LogP contribution >= 0.6 is 0 Å². The lowest BCUT2D eigenvalue weighted by Crippen LogP contribution is -2.62. The normalized spacial score (nSPS) is 20.2. The third kappa shape index (κ3) is 2.41. The van der Waals surface area contributed by atoms with Gasteiger partial charge in [0.25, 0.3) is 0 Å². The Morgan fingerprint density at radius 3 is 2.94 bits per heavy atom. The summed E-state index contributed by atoms with van der Waals surface area (Å²) in [5.74, 6) is 0.615. The lowest BCUT2D eigenvalue weighted by atomic mass is 9.99. The fourth-order valence-electron chi connectivity index (χ4n) is 2.06. The molecular formula is C11H19N5O. The first-order chi connectivity index (χ1) is 8.00. The van der Waals surface area contributed by atoms with Gasteiger partial charge in [-0.15, -0.1) is 0 Å². The molecule has 2 rings (SSSR count). The molecule has 0 unspecified atom stereocenters. The van der Waals surface area contributed by atoms with Gasteiger partial charge < -0.3 is 11.1 Å². The van der Waals surface area contributed by atoms with Gasteiger partial charge in [-0.05, 0) is 19.9 Å². The average Bonchev–Trinajstić information content (AvgIpc) is 2.67. The van der Waals surface area contributed by atoms with Crippen LogP contribution in [0.1, 0.15) is 13.8 Å². The summed E-state index contributed by atoms with van der Waals surface area (Å²) in [7, 11) is 0. The van der Waals surface area contributed by atoms with Gasteiger partial charge >= 0.3 is 0 Å². The Balaban J connectivity index is 1.96. The van der Waals surface area contributed by atoms with E-state index in [0.717, 1.165) is 19.6 Å². The number of nitrogens with one attached hydrogen (secondary N) is 1. The summed E-state index contributed by atoms with van der Waals surface area (Å²) < 4.78 is 1.80. The maximum Gasteiger partial charge on any atom is 0.240 e. The van der Waals surface area contributed by atoms with E-state index in [2.05, 4.69) is 15.3 Å². The molecule has 3 N–H and O–H groups in total. The van der Waals surface area contributed by atoms with Crippen LogP contribution in [0.2, 0.25) is 0 Å². The van der Waals surface area contributed by atoms with Crippen LogP contribution in [0.15, 0.2) is 12.3 Å². The van der Waals surface area contributed by atoms with E-state index in [1.54, 1.807) is 10.7 Å². The monoisotopic (exact) mass is 237 g/mol. The second-order valence-electron chi connectivity index (χ2n) is 4.81. The van der Waals surface area contributed by atoms with E-state index in [-0.39, 0.29) is 5.91 Å². The van der Waals surface area contributed by atoms with E-state index in [0.29, 0.717) is 12.4 Å². The highest BCUT2D eigenvalue weighted by Gasteiger charge is 2.36. The van der Waals surface area contributed by atoms with Crippen molar-refractivity contribution in [3.05, 3.63) is 12.3 Å². The van der Waals surface area contributed by atoms with Gasteiger partial charge in [0, 0.05) is 25.8 Å². The molecule has 17 heavy (non-hydrogen) atoms. The van der Waals surface area contributed by atoms with E-state index in [9.17, 15) is 4.79 Å². The summed E-state index contributed by atoms with van der Waals surface area (Å²) in [6, 6.07) is 1.77. The topological polar surface area (TPSA) is 76.2 Å². The van der Waals surface area contributed by atoms with Crippen LogP contribution in [0.4, 0.5) is 5.82 Å². The highest BCUT2D eigenvalue weighted by molar-refractivity contribution is 5.86. The first kappa shape index (κ1) is 11.9. The van der Waals surface area contributed by atoms with Gasteiger partial charge in [0.15, 0.2) is 0 Å². The molecule has 1 saturated heterocycles. The number of nitrogen functional groups attached to an aromatic ring is 1. The molecule has 0 saturated carbocycles. The van der Waals surface area contributed by atoms with Crippen molar-refractivity contribution in [3.63, 3.8) is 0 Å². The van der Waals surface area contributed by atoms with Crippen molar-refractivity contribution in [1.29, 1.82) is 0 Å². The van der Waals surface area contributed by atoms with Gasteiger partial charge in [0.05, 0.1) is 12.1 Å². The second kappa shape index (κ2) is 4.37. The molecule has 1 aromatic heterocycles. The highest BCUT2D eigenvalue weighted by Crippen LogP contribution is 2.17. The molecule has 6 heteroatoms. The van der Waals surface area contributed by atoms with Gasteiger partial charge in [0.2, 0.25) is 5.91 Å². The second-order valence-corrected chi connectivity index (χ2v) is 4.81. The quantitative estimate of drug-likeness (QED) is 0.755. The Morgan fingerprint density at radius 1 is 1.53 bits per heavy atom. The molecule has 1 aromatic rings. The summed E-state index contributed by atoms with van der Waals surface area (Å²) in [5.41, 5.74) is 5.11. The van der Waals surface area contributed by atoms with E-state index in [4.69, 9.17) is 5.73 Å². The summed E-state index contributed by atoms with van der Waals surface area (Å²) >= 11 is 0. The smallest absolute Gasteiger partial charge is 0.240 e. The van der Waals surface area contributed by atoms with Crippen molar-refractivity contribution in [3.8, 4) is 0 Å². The minimum absolute atomic E-state index is 0.0868. The van der Waals surface area contributed by atoms with Crippen molar-refractivity contribution >= 4 is 11.7 Å². The molecule has 1 amide bonds. The number of amides is 1. The molecule has 0 aromatic carbocycles. The summed E-state index contributed by atoms with van der Waals surface area (Å²) in [4.78, 5) is 13.9. The van der Waals surface area contributed by atoms with Crippen molar-refractivity contribution < 1.29 is 4.79 Å². The van der Waals surface area contributed by atoms with Crippen molar-refractivity contribution in [2.75, 3.05) is 25.4 Å². The molecule has 6 nitrogen and oxygen atoms in total. The van der Waals surface area contributed by atoms with E-state index < -0.39 is 5.54 Å². The fourth-order valence-corrected chi connectivity index (χ4v) is 2.06. The number of piperazine rings is 1. The van der Waals surface area contributed by atoms with Crippen molar-refractivity contribution in [1.82, 2.24) is 20.0 Å². The molecule has 94 valence electrons. The van der Waals surface area contributed by atoms with Crippen LogP contribution in [0.25, 0.3) is 0 Å². The molecule has 0 atom stereocenters. The number of anilines is 1.